The Labute approximate surface area is 82.3 Å². The fourth-order valence-electron chi connectivity index (χ4n) is 0.439. The lowest BCUT2D eigenvalue weighted by Crippen LogP contribution is -1.62. The van der Waals surface area contributed by atoms with Crippen LogP contribution in [0.3, 0.4) is 0 Å². The molecular weight excluding hydrogens is 214 g/mol. The molecule has 0 atom stereocenters. The molecule has 0 radical (unpaired) electrons. The molecule has 0 saturated carbocycles. The van der Waals surface area contributed by atoms with E-state index in [0.717, 1.165) is 0 Å². The molecule has 0 bridgehead atoms. The highest BCUT2D eigenvalue weighted by atomic mass is 35.5. The summed E-state index contributed by atoms with van der Waals surface area (Å²) < 4.78 is 0. The summed E-state index contributed by atoms with van der Waals surface area (Å²) in [6.07, 6.45) is 0. The van der Waals surface area contributed by atoms with Crippen molar-refractivity contribution in [3.8, 4) is 0 Å². The van der Waals surface area contributed by atoms with E-state index >= 15 is 0 Å². The Kier molecular flexibility index (Phi) is 7.95. The Balaban J connectivity index is 0. The van der Waals surface area contributed by atoms with Gasteiger partial charge in [0, 0.05) is 0 Å². The summed E-state index contributed by atoms with van der Waals surface area (Å²) >= 11 is 11.2. The van der Waals surface area contributed by atoms with Gasteiger partial charge in [-0.1, -0.05) is 35.3 Å². The van der Waals surface area contributed by atoms with Crippen LogP contribution in [0.25, 0.3) is 0 Å². The van der Waals surface area contributed by atoms with Crippen LogP contribution in [0.1, 0.15) is 0 Å². The van der Waals surface area contributed by atoms with E-state index in [2.05, 4.69) is 0 Å². The van der Waals surface area contributed by atoms with E-state index in [1.165, 1.54) is 0 Å². The van der Waals surface area contributed by atoms with Crippen LogP contribution in [-0.2, 0) is 0 Å². The first kappa shape index (κ1) is 13.0. The van der Waals surface area contributed by atoms with Gasteiger partial charge < -0.3 is 0 Å². The molecule has 10 heavy (non-hydrogen) atoms. The minimum absolute atomic E-state index is 0. The van der Waals surface area contributed by atoms with Crippen molar-refractivity contribution >= 4 is 48.0 Å². The molecule has 4 heteroatoms. The largest absolute Gasteiger partial charge is 0.147 e. The molecule has 0 aromatic heterocycles. The predicted octanol–water partition coefficient (Wildman–Crippen LogP) is 3.84. The average molecular weight is 220 g/mol. The summed E-state index contributed by atoms with van der Waals surface area (Å²) in [6, 6.07) is 7.19. The van der Waals surface area contributed by atoms with Crippen LogP contribution >= 0.6 is 48.0 Å². The second kappa shape index (κ2) is 6.11. The van der Waals surface area contributed by atoms with E-state index in [1.54, 1.807) is 12.1 Å². The van der Waals surface area contributed by atoms with Gasteiger partial charge in [0.05, 0.1) is 10.0 Å². The van der Waals surface area contributed by atoms with E-state index in [-0.39, 0.29) is 24.8 Å². The van der Waals surface area contributed by atoms with Gasteiger partial charge >= 0.3 is 0 Å². The maximum atomic E-state index is 5.58. The summed E-state index contributed by atoms with van der Waals surface area (Å²) in [5.41, 5.74) is 0. The smallest absolute Gasteiger partial charge is 0.0592 e. The van der Waals surface area contributed by atoms with Gasteiger partial charge in [0.25, 0.3) is 0 Å². The molecule has 0 nitrogen and oxygen atoms in total. The van der Waals surface area contributed by atoms with Crippen molar-refractivity contribution in [2.24, 2.45) is 0 Å². The Morgan fingerprint density at radius 1 is 0.800 bits per heavy atom. The monoisotopic (exact) mass is 218 g/mol. The lowest BCUT2D eigenvalue weighted by Gasteiger charge is -1.88. The van der Waals surface area contributed by atoms with Gasteiger partial charge in [-0.05, 0) is 12.1 Å². The molecule has 0 N–H and O–H groups in total. The first-order valence-corrected chi connectivity index (χ1v) is 2.96. The zero-order chi connectivity index (χ0) is 5.98. The van der Waals surface area contributed by atoms with Crippen molar-refractivity contribution in [1.82, 2.24) is 0 Å². The standard InChI is InChI=1S/C6H4Cl2.2ClH/c7-5-3-1-2-4-6(5)8;;/h1-4H;2*1H. The molecule has 0 aliphatic rings. The molecule has 0 amide bonds. The first-order chi connectivity index (χ1) is 3.80. The van der Waals surface area contributed by atoms with Crippen molar-refractivity contribution in [3.63, 3.8) is 0 Å². The van der Waals surface area contributed by atoms with Crippen molar-refractivity contribution < 1.29 is 0 Å². The summed E-state index contributed by atoms with van der Waals surface area (Å²) in [5.74, 6) is 0. The molecule has 1 aromatic rings. The SMILES string of the molecule is Cl.Cl.Clc1ccccc1Cl. The predicted molar refractivity (Wildman–Crippen MR) is 51.0 cm³/mol. The summed E-state index contributed by atoms with van der Waals surface area (Å²) in [5, 5.41) is 1.21. The van der Waals surface area contributed by atoms with Crippen molar-refractivity contribution in [3.05, 3.63) is 34.3 Å². The van der Waals surface area contributed by atoms with E-state index in [9.17, 15) is 0 Å². The van der Waals surface area contributed by atoms with E-state index in [4.69, 9.17) is 23.2 Å². The van der Waals surface area contributed by atoms with Crippen molar-refractivity contribution in [2.75, 3.05) is 0 Å². The van der Waals surface area contributed by atoms with Crippen LogP contribution in [0.5, 0.6) is 0 Å². The molecule has 0 saturated heterocycles. The number of hydrogen-bond acceptors (Lipinski definition) is 0. The van der Waals surface area contributed by atoms with Gasteiger partial charge in [-0.25, -0.2) is 0 Å². The van der Waals surface area contributed by atoms with Crippen LogP contribution in [0.4, 0.5) is 0 Å². The Morgan fingerprint density at radius 2 is 1.10 bits per heavy atom. The zero-order valence-corrected chi connectivity index (χ0v) is 8.03. The molecule has 1 aromatic carbocycles. The van der Waals surface area contributed by atoms with Crippen LogP contribution < -0.4 is 0 Å². The molecule has 0 unspecified atom stereocenters. The second-order valence-corrected chi connectivity index (χ2v) is 2.23. The molecule has 58 valence electrons. The first-order valence-electron chi connectivity index (χ1n) is 2.21. The van der Waals surface area contributed by atoms with E-state index < -0.39 is 0 Å². The molecule has 0 heterocycles. The average Bonchev–Trinajstić information content (AvgIpc) is 1.77. The normalized spacial score (nSPS) is 7.40. The third kappa shape index (κ3) is 3.52. The number of benzene rings is 1. The van der Waals surface area contributed by atoms with Gasteiger partial charge in [0.2, 0.25) is 0 Å². The van der Waals surface area contributed by atoms with Crippen molar-refractivity contribution in [1.29, 1.82) is 0 Å². The Bertz CT molecular complexity index is 166. The molecule has 0 fully saturated rings. The van der Waals surface area contributed by atoms with Gasteiger partial charge in [0.15, 0.2) is 0 Å². The number of hydrogen-bond donors (Lipinski definition) is 0. The second-order valence-electron chi connectivity index (χ2n) is 1.41. The highest BCUT2D eigenvalue weighted by molar-refractivity contribution is 6.41. The van der Waals surface area contributed by atoms with Gasteiger partial charge in [0.1, 0.15) is 0 Å². The highest BCUT2D eigenvalue weighted by Gasteiger charge is 1.89. The molecule has 0 spiro atoms. The van der Waals surface area contributed by atoms with Crippen LogP contribution in [-0.4, -0.2) is 0 Å². The topological polar surface area (TPSA) is 0 Å². The van der Waals surface area contributed by atoms with Crippen LogP contribution in [0.2, 0.25) is 10.0 Å². The third-order valence-corrected chi connectivity index (χ3v) is 1.58. The fourth-order valence-corrected chi connectivity index (χ4v) is 0.711. The zero-order valence-electron chi connectivity index (χ0n) is 4.88. The fraction of sp³-hybridized carbons (Fsp3) is 0. The minimum Gasteiger partial charge on any atom is -0.147 e. The maximum Gasteiger partial charge on any atom is 0.0592 e. The molecule has 0 aliphatic heterocycles. The highest BCUT2D eigenvalue weighted by Crippen LogP contribution is 2.19. The Morgan fingerprint density at radius 3 is 1.30 bits per heavy atom. The summed E-state index contributed by atoms with van der Waals surface area (Å²) in [6.45, 7) is 0. The Hall–Kier alpha value is 0.380. The van der Waals surface area contributed by atoms with Crippen LogP contribution in [0, 0.1) is 0 Å². The molecule has 0 aliphatic carbocycles. The van der Waals surface area contributed by atoms with Crippen molar-refractivity contribution in [2.45, 2.75) is 0 Å². The maximum absolute atomic E-state index is 5.58. The summed E-state index contributed by atoms with van der Waals surface area (Å²) in [4.78, 5) is 0. The lowest BCUT2D eigenvalue weighted by molar-refractivity contribution is 1.71. The number of rotatable bonds is 0. The lowest BCUT2D eigenvalue weighted by atomic mass is 10.4. The minimum atomic E-state index is 0. The van der Waals surface area contributed by atoms with Gasteiger partial charge in [-0.2, -0.15) is 0 Å². The van der Waals surface area contributed by atoms with Crippen LogP contribution in [0.15, 0.2) is 24.3 Å². The third-order valence-electron chi connectivity index (χ3n) is 0.824. The number of halogens is 4. The van der Waals surface area contributed by atoms with Gasteiger partial charge in [-0.3, -0.25) is 0 Å². The van der Waals surface area contributed by atoms with Gasteiger partial charge in [-0.15, -0.1) is 24.8 Å². The van der Waals surface area contributed by atoms with E-state index in [0.29, 0.717) is 10.0 Å². The van der Waals surface area contributed by atoms with E-state index in [1.807, 2.05) is 12.1 Å². The quantitative estimate of drug-likeness (QED) is 0.622. The molecule has 1 rings (SSSR count). The summed E-state index contributed by atoms with van der Waals surface area (Å²) in [7, 11) is 0. The molecular formula is C6H6Cl4.